The molecule has 0 fully saturated rings. The topological polar surface area (TPSA) is 457 Å². The van der Waals surface area contributed by atoms with Crippen molar-refractivity contribution < 1.29 is 37.6 Å². The average molecular weight is 1890 g/mol. The first kappa shape index (κ1) is 94.7. The Morgan fingerprint density at radius 1 is 0.245 bits per heavy atom. The fraction of sp³-hybridized carbons (Fsp3) is 0.0351. The molecule has 0 radical (unpaired) electrons. The summed E-state index contributed by atoms with van der Waals surface area (Å²) < 4.78 is 39.0. The van der Waals surface area contributed by atoms with E-state index < -0.39 is 0 Å². The van der Waals surface area contributed by atoms with Gasteiger partial charge in [-0.1, -0.05) is 132 Å². The highest BCUT2D eigenvalue weighted by atomic mass is 32.2. The molecule has 0 bridgehead atoms. The summed E-state index contributed by atoms with van der Waals surface area (Å²) in [5, 5.41) is 15.8. The maximum atomic E-state index is 9.21. The Bertz CT molecular complexity index is 7320. The van der Waals surface area contributed by atoms with Crippen LogP contribution in [0.2, 0.25) is 0 Å². The van der Waals surface area contributed by atoms with Crippen LogP contribution in [0, 0.1) is 13.8 Å². The lowest BCUT2D eigenvalue weighted by Crippen LogP contribution is -2.00. The number of aliphatic hydroxyl groups excluding tert-OH is 1. The molecule has 2 aromatic heterocycles. The number of hydrogen-bond donors (Lipinski definition) is 15. The fourth-order valence-corrected chi connectivity index (χ4v) is 17.9. The van der Waals surface area contributed by atoms with Crippen molar-refractivity contribution in [1.82, 2.24) is 0 Å². The molecule has 4 heterocycles. The Morgan fingerprint density at radius 2 is 0.554 bits per heavy atom. The van der Waals surface area contributed by atoms with Crippen molar-refractivity contribution >= 4 is 147 Å². The van der Waals surface area contributed by atoms with Gasteiger partial charge in [-0.3, -0.25) is 0 Å². The molecule has 0 spiro atoms. The molecule has 18 aromatic carbocycles. The zero-order valence-corrected chi connectivity index (χ0v) is 78.6. The first-order valence-electron chi connectivity index (χ1n) is 44.0. The Balaban J connectivity index is 0.000000119. The van der Waals surface area contributed by atoms with E-state index in [1.54, 1.807) is 140 Å². The molecule has 29 N–H and O–H groups in total. The Kier molecular flexibility index (Phi) is 29.5. The first-order chi connectivity index (χ1) is 67.3. The van der Waals surface area contributed by atoms with Crippen LogP contribution in [0.1, 0.15) is 16.7 Å². The van der Waals surface area contributed by atoms with Crippen LogP contribution in [0.3, 0.4) is 0 Å². The molecule has 2 aliphatic rings. The number of aliphatic hydroxyl groups is 1. The highest BCUT2D eigenvalue weighted by Gasteiger charge is 2.23. The van der Waals surface area contributed by atoms with Crippen molar-refractivity contribution in [3.8, 4) is 108 Å². The second-order valence-corrected chi connectivity index (χ2v) is 35.8. The fourth-order valence-electron chi connectivity index (χ4n) is 15.4. The summed E-state index contributed by atoms with van der Waals surface area (Å²) in [6.45, 7) is 4.06. The molecule has 694 valence electrons. The summed E-state index contributed by atoms with van der Waals surface area (Å²) in [5.41, 5.74) is 103. The highest BCUT2D eigenvalue weighted by molar-refractivity contribution is 8.00. The number of nitrogens with two attached hydrogens (primary N) is 14. The van der Waals surface area contributed by atoms with Gasteiger partial charge in [0, 0.05) is 166 Å². The van der Waals surface area contributed by atoms with E-state index in [2.05, 4.69) is 111 Å². The number of rotatable bonds is 13. The molecule has 2 aliphatic heterocycles. The summed E-state index contributed by atoms with van der Waals surface area (Å²) in [4.78, 5) is 7.27. The second-order valence-electron chi connectivity index (χ2n) is 32.4. The van der Waals surface area contributed by atoms with Gasteiger partial charge in [0.15, 0.2) is 46.0 Å². The molecule has 139 heavy (non-hydrogen) atoms. The van der Waals surface area contributed by atoms with E-state index in [1.165, 1.54) is 51.3 Å². The number of fused-ring (bicyclic) bond motifs is 7. The normalized spacial score (nSPS) is 11.1. The summed E-state index contributed by atoms with van der Waals surface area (Å²) >= 11 is 5.25. The predicted octanol–water partition coefficient (Wildman–Crippen LogP) is 27.3. The van der Waals surface area contributed by atoms with Gasteiger partial charge >= 0.3 is 0 Å². The van der Waals surface area contributed by atoms with Crippen LogP contribution in [0.5, 0.6) is 51.7 Å². The number of anilines is 14. The van der Waals surface area contributed by atoms with Gasteiger partial charge in [-0.05, 0) is 312 Å². The minimum atomic E-state index is -0.0776. The van der Waals surface area contributed by atoms with Crippen molar-refractivity contribution in [2.75, 3.05) is 87.4 Å². The van der Waals surface area contributed by atoms with Crippen molar-refractivity contribution in [2.45, 2.75) is 49.8 Å². The average Bonchev–Trinajstić information content (AvgIpc) is 0.838. The Labute approximate surface area is 817 Å². The molecule has 0 saturated carbocycles. The maximum Gasteiger partial charge on any atom is 0.172 e. The monoisotopic (exact) mass is 1890 g/mol. The molecule has 25 heteroatoms. The third kappa shape index (κ3) is 23.1. The summed E-state index contributed by atoms with van der Waals surface area (Å²) in [6, 6.07) is 117. The van der Waals surface area contributed by atoms with Gasteiger partial charge in [0.05, 0.1) is 31.9 Å². The largest absolute Gasteiger partial charge is 0.495 e. The lowest BCUT2D eigenvalue weighted by atomic mass is 9.89. The van der Waals surface area contributed by atoms with Gasteiger partial charge in [-0.15, -0.1) is 0 Å². The van der Waals surface area contributed by atoms with E-state index >= 15 is 0 Å². The van der Waals surface area contributed by atoms with Gasteiger partial charge < -0.3 is 118 Å². The van der Waals surface area contributed by atoms with Crippen molar-refractivity contribution in [3.05, 3.63) is 393 Å². The highest BCUT2D eigenvalue weighted by Crippen LogP contribution is 2.50. The molecule has 22 rings (SSSR count). The van der Waals surface area contributed by atoms with Gasteiger partial charge in [-0.2, -0.15) is 0 Å². The molecule has 0 aliphatic carbocycles. The van der Waals surface area contributed by atoms with E-state index in [9.17, 15) is 5.11 Å². The number of hydrogen-bond acceptors (Lipinski definition) is 25. The minimum absolute atomic E-state index is 0.0776. The van der Waals surface area contributed by atoms with Crippen LogP contribution in [-0.2, 0) is 6.61 Å². The van der Waals surface area contributed by atoms with Gasteiger partial charge in [0.25, 0.3) is 0 Å². The van der Waals surface area contributed by atoms with Gasteiger partial charge in [-0.25, -0.2) is 0 Å². The predicted molar refractivity (Wildman–Crippen MR) is 578 cm³/mol. The first-order valence-corrected chi connectivity index (χ1v) is 46.4. The molecular weight excluding hydrogens is 1790 g/mol. The lowest BCUT2D eigenvalue weighted by molar-refractivity contribution is 0.282. The van der Waals surface area contributed by atoms with Crippen LogP contribution < -0.4 is 104 Å². The Morgan fingerprint density at radius 3 is 0.906 bits per heavy atom. The van der Waals surface area contributed by atoms with Gasteiger partial charge in [0.1, 0.15) is 17.3 Å². The molecule has 0 amide bonds. The number of nitrogen functional groups attached to an aromatic ring is 14. The molecular formula is C114H102N14O8S3. The van der Waals surface area contributed by atoms with Crippen molar-refractivity contribution in [1.29, 1.82) is 0 Å². The van der Waals surface area contributed by atoms with E-state index in [4.69, 9.17) is 113 Å². The number of ether oxygens (including phenoxy) is 5. The molecule has 20 aromatic rings. The van der Waals surface area contributed by atoms with Gasteiger partial charge in [0.2, 0.25) is 0 Å². The molecule has 0 atom stereocenters. The third-order valence-electron chi connectivity index (χ3n) is 22.6. The molecule has 22 nitrogen and oxygen atoms in total. The van der Waals surface area contributed by atoms with E-state index in [0.717, 1.165) is 112 Å². The van der Waals surface area contributed by atoms with E-state index in [0.29, 0.717) is 103 Å². The number of furan rings is 2. The summed E-state index contributed by atoms with van der Waals surface area (Å²) in [7, 11) is 1.58. The van der Waals surface area contributed by atoms with Crippen LogP contribution in [0.15, 0.2) is 415 Å². The van der Waals surface area contributed by atoms with Crippen molar-refractivity contribution in [2.24, 2.45) is 0 Å². The van der Waals surface area contributed by atoms with E-state index in [-0.39, 0.29) is 6.61 Å². The second kappa shape index (κ2) is 43.2. The van der Waals surface area contributed by atoms with Crippen LogP contribution in [0.25, 0.3) is 88.3 Å². The molecule has 0 unspecified atom stereocenters. The minimum Gasteiger partial charge on any atom is -0.495 e. The zero-order chi connectivity index (χ0) is 97.3. The smallest absolute Gasteiger partial charge is 0.172 e. The Hall–Kier alpha value is -17.5. The molecule has 0 saturated heterocycles. The summed E-state index contributed by atoms with van der Waals surface area (Å²) in [5.74, 6) is 7.23. The van der Waals surface area contributed by atoms with E-state index in [1.807, 2.05) is 182 Å². The zero-order valence-electron chi connectivity index (χ0n) is 76.1. The quantitative estimate of drug-likeness (QED) is 0.0477. The summed E-state index contributed by atoms with van der Waals surface area (Å²) in [6.07, 6.45) is 3.30. The van der Waals surface area contributed by atoms with Crippen LogP contribution in [-0.4, -0.2) is 12.2 Å². The third-order valence-corrected chi connectivity index (χ3v) is 25.6. The maximum absolute atomic E-state index is 9.21. The van der Waals surface area contributed by atoms with Crippen LogP contribution in [0.4, 0.5) is 79.6 Å². The number of benzene rings is 18. The number of methoxy groups -OCH3 is 1. The van der Waals surface area contributed by atoms with Crippen molar-refractivity contribution in [3.63, 3.8) is 0 Å². The lowest BCUT2D eigenvalue weighted by Gasteiger charge is -2.20. The van der Waals surface area contributed by atoms with Crippen LogP contribution >= 0.6 is 35.3 Å². The number of aryl methyl sites for hydroxylation is 2. The SMILES string of the molecule is COc1cc(-c2ccc(N)c(CO)c2)ccc1N.Cc1cc(-c2cc(C)c(N)c3ccccc23)c2ccccc2c1N.Nc1ccc(-c2ccc(N)cc2-c2ccco2)c(-c2ccco2)c1.Nc1ccc(Sc2ccc(Sc3ccc(Sc4ccc(N)cc4)cc3)cc2)cc1.Nc1ccc2c(c1)Oc1cc(N)ccc1O2.Nc1ccc2c(c1)Oc1ccc(N)cc1O2.Nc1cccc2c(N)cccc12. The standard InChI is InChI=1S/C24H20N2S3.C22H20N2.C20H16N2O2.C14H16N2O2.2C12H10N2O2.C10H10N2/c25-17-1-5-19(6-2-17)27-21-9-13-23(14-10-21)29-24-15-11-22(12-16-24)28-20-7-3-18(26)4-8-20;1-13-11-19(15-7-3-5-9-17(15)21(13)23)20-12-14(2)22(24)18-10-6-4-8-16(18)20;21-13-5-7-15(17(11-13)19-3-1-9-23-19)16-8-6-14(22)12-18(16)20-4-2-10-24-20;1-18-14-7-10(3-5-13(14)16)9-2-4-12(15)11(6-9)8-17;13-7-1-3-9-11(5-7)16-10-4-2-8(14)6-12(10)15-9;13-7-1-3-9-11(5-7)16-12-6-8(14)2-4-10(12)15-9;11-9-5-1-3-7-8(9)4-2-6-10(7)12/h1-16H,25-26H2;3-12H,23-24H2,1-2H3;1-12H,21-22H2;2-7,17H,8,15-16H2,1H3;2*1-6H,13-14H2;1-6H,11-12H2.